The van der Waals surface area contributed by atoms with Crippen molar-refractivity contribution in [3.63, 3.8) is 0 Å². The molecule has 7 heteroatoms. The fourth-order valence-corrected chi connectivity index (χ4v) is 3.31. The number of aromatic nitrogens is 1. The third kappa shape index (κ3) is 4.57. The summed E-state index contributed by atoms with van der Waals surface area (Å²) in [7, 11) is -1.75. The summed E-state index contributed by atoms with van der Waals surface area (Å²) in [6.45, 7) is 2.55. The summed E-state index contributed by atoms with van der Waals surface area (Å²) in [5.74, 6) is 0.630. The summed E-state index contributed by atoms with van der Waals surface area (Å²) in [4.78, 5) is 0.175. The van der Waals surface area contributed by atoms with E-state index in [-0.39, 0.29) is 11.4 Å². The number of aliphatic hydroxyl groups excluding tert-OH is 1. The van der Waals surface area contributed by atoms with E-state index >= 15 is 0 Å². The van der Waals surface area contributed by atoms with E-state index in [9.17, 15) is 13.5 Å². The topological polar surface area (TPSA) is 80.6 Å². The van der Waals surface area contributed by atoms with Gasteiger partial charge in [0, 0.05) is 25.5 Å². The summed E-state index contributed by atoms with van der Waals surface area (Å²) in [6, 6.07) is 9.89. The van der Waals surface area contributed by atoms with Crippen molar-refractivity contribution in [2.45, 2.75) is 24.3 Å². The molecule has 126 valence electrons. The number of benzene rings is 1. The van der Waals surface area contributed by atoms with E-state index in [0.717, 1.165) is 5.69 Å². The van der Waals surface area contributed by atoms with Crippen molar-refractivity contribution in [2.24, 2.45) is 7.05 Å². The number of aryl methyl sites for hydroxylation is 1. The molecule has 0 bridgehead atoms. The van der Waals surface area contributed by atoms with Gasteiger partial charge in [-0.3, -0.25) is 0 Å². The molecule has 1 aromatic heterocycles. The van der Waals surface area contributed by atoms with E-state index < -0.39 is 16.1 Å². The normalized spacial score (nSPS) is 13.0. The maximum atomic E-state index is 12.2. The molecular weight excluding hydrogens is 316 g/mol. The summed E-state index contributed by atoms with van der Waals surface area (Å²) in [5.41, 5.74) is 0.755. The molecule has 0 aliphatic carbocycles. The highest BCUT2D eigenvalue weighted by atomic mass is 32.2. The Morgan fingerprint density at radius 1 is 1.26 bits per heavy atom. The van der Waals surface area contributed by atoms with Gasteiger partial charge in [-0.1, -0.05) is 0 Å². The lowest BCUT2D eigenvalue weighted by molar-refractivity contribution is 0.161. The molecule has 0 aliphatic rings. The Hall–Kier alpha value is -1.83. The van der Waals surface area contributed by atoms with Gasteiger partial charge >= 0.3 is 0 Å². The van der Waals surface area contributed by atoms with Crippen molar-refractivity contribution in [3.8, 4) is 5.75 Å². The number of hydrogen-bond acceptors (Lipinski definition) is 4. The van der Waals surface area contributed by atoms with Gasteiger partial charge in [0.1, 0.15) is 5.75 Å². The van der Waals surface area contributed by atoms with Crippen LogP contribution in [0.4, 0.5) is 0 Å². The fraction of sp³-hybridized carbons (Fsp3) is 0.375. The van der Waals surface area contributed by atoms with Gasteiger partial charge in [0.05, 0.1) is 17.6 Å². The van der Waals surface area contributed by atoms with Crippen LogP contribution in [0.2, 0.25) is 0 Å². The molecule has 0 saturated heterocycles. The average molecular weight is 338 g/mol. The molecular formula is C16H22N2O4S. The highest BCUT2D eigenvalue weighted by Gasteiger charge is 2.16. The molecule has 2 rings (SSSR count). The van der Waals surface area contributed by atoms with E-state index in [2.05, 4.69) is 4.72 Å². The zero-order valence-electron chi connectivity index (χ0n) is 13.3. The SMILES string of the molecule is CCOc1ccc(S(=O)(=O)NCCC(O)c2cccn2C)cc1. The Labute approximate surface area is 136 Å². The fourth-order valence-electron chi connectivity index (χ4n) is 2.26. The molecule has 1 unspecified atom stereocenters. The predicted octanol–water partition coefficient (Wildman–Crippen LogP) is 1.83. The number of ether oxygens (including phenoxy) is 1. The van der Waals surface area contributed by atoms with Crippen LogP contribution < -0.4 is 9.46 Å². The lowest BCUT2D eigenvalue weighted by Crippen LogP contribution is -2.26. The third-order valence-electron chi connectivity index (χ3n) is 3.48. The molecule has 0 aliphatic heterocycles. The third-order valence-corrected chi connectivity index (χ3v) is 4.96. The monoisotopic (exact) mass is 338 g/mol. The molecule has 0 radical (unpaired) electrons. The first-order valence-corrected chi connectivity index (χ1v) is 8.94. The zero-order valence-corrected chi connectivity index (χ0v) is 14.1. The van der Waals surface area contributed by atoms with E-state index in [1.165, 1.54) is 12.1 Å². The molecule has 2 N–H and O–H groups in total. The first-order chi connectivity index (χ1) is 10.9. The number of sulfonamides is 1. The lowest BCUT2D eigenvalue weighted by Gasteiger charge is -2.13. The lowest BCUT2D eigenvalue weighted by atomic mass is 10.2. The molecule has 0 spiro atoms. The molecule has 0 saturated carbocycles. The van der Waals surface area contributed by atoms with Crippen molar-refractivity contribution in [1.29, 1.82) is 0 Å². The molecule has 2 aromatic rings. The number of hydrogen-bond donors (Lipinski definition) is 2. The Morgan fingerprint density at radius 2 is 1.96 bits per heavy atom. The quantitative estimate of drug-likeness (QED) is 0.769. The van der Waals surface area contributed by atoms with E-state index in [1.807, 2.05) is 36.9 Å². The van der Waals surface area contributed by atoms with E-state index in [0.29, 0.717) is 18.8 Å². The van der Waals surface area contributed by atoms with Gasteiger partial charge in [-0.25, -0.2) is 13.1 Å². The van der Waals surface area contributed by atoms with Gasteiger partial charge in [0.15, 0.2) is 0 Å². The Kier molecular flexibility index (Phi) is 5.81. The van der Waals surface area contributed by atoms with Crippen molar-refractivity contribution >= 4 is 10.0 Å². The summed E-state index contributed by atoms with van der Waals surface area (Å²) >= 11 is 0. The Bertz CT molecular complexity index is 723. The standard InChI is InChI=1S/C16H22N2O4S/c1-3-22-13-6-8-14(9-7-13)23(20,21)17-11-10-16(19)15-5-4-12-18(15)2/h4-9,12,16-17,19H,3,10-11H2,1-2H3. The second kappa shape index (κ2) is 7.63. The second-order valence-electron chi connectivity index (χ2n) is 5.15. The molecule has 1 atom stereocenters. The summed E-state index contributed by atoms with van der Waals surface area (Å²) in [6.07, 6.45) is 1.43. The van der Waals surface area contributed by atoms with Crippen molar-refractivity contribution in [3.05, 3.63) is 48.3 Å². The molecule has 0 amide bonds. The predicted molar refractivity (Wildman–Crippen MR) is 87.8 cm³/mol. The molecule has 0 fully saturated rings. The maximum absolute atomic E-state index is 12.2. The first-order valence-electron chi connectivity index (χ1n) is 7.46. The van der Waals surface area contributed by atoms with Gasteiger partial charge in [-0.2, -0.15) is 0 Å². The van der Waals surface area contributed by atoms with Crippen LogP contribution in [-0.2, 0) is 17.1 Å². The molecule has 6 nitrogen and oxygen atoms in total. The molecule has 1 aromatic carbocycles. The van der Waals surface area contributed by atoms with Gasteiger partial charge in [0.25, 0.3) is 0 Å². The zero-order chi connectivity index (χ0) is 16.9. The molecule has 23 heavy (non-hydrogen) atoms. The van der Waals surface area contributed by atoms with Crippen LogP contribution in [0.5, 0.6) is 5.75 Å². The van der Waals surface area contributed by atoms with Gasteiger partial charge < -0.3 is 14.4 Å². The summed E-state index contributed by atoms with van der Waals surface area (Å²) in [5, 5.41) is 10.1. The van der Waals surface area contributed by atoms with Crippen LogP contribution in [0.1, 0.15) is 25.1 Å². The van der Waals surface area contributed by atoms with Gasteiger partial charge in [-0.15, -0.1) is 0 Å². The number of nitrogens with one attached hydrogen (secondary N) is 1. The largest absolute Gasteiger partial charge is 0.494 e. The second-order valence-corrected chi connectivity index (χ2v) is 6.92. The van der Waals surface area contributed by atoms with Crippen molar-refractivity contribution < 1.29 is 18.3 Å². The smallest absolute Gasteiger partial charge is 0.240 e. The average Bonchev–Trinajstić information content (AvgIpc) is 2.94. The highest BCUT2D eigenvalue weighted by molar-refractivity contribution is 7.89. The highest BCUT2D eigenvalue weighted by Crippen LogP contribution is 2.18. The van der Waals surface area contributed by atoms with Crippen LogP contribution in [-0.4, -0.2) is 31.2 Å². The van der Waals surface area contributed by atoms with Crippen LogP contribution in [0, 0.1) is 0 Å². The number of rotatable bonds is 8. The van der Waals surface area contributed by atoms with Crippen LogP contribution in [0.25, 0.3) is 0 Å². The van der Waals surface area contributed by atoms with Crippen LogP contribution in [0.3, 0.4) is 0 Å². The van der Waals surface area contributed by atoms with Crippen molar-refractivity contribution in [2.75, 3.05) is 13.2 Å². The number of nitrogens with zero attached hydrogens (tertiary/aromatic N) is 1. The van der Waals surface area contributed by atoms with Gasteiger partial charge in [-0.05, 0) is 49.7 Å². The van der Waals surface area contributed by atoms with Crippen molar-refractivity contribution in [1.82, 2.24) is 9.29 Å². The maximum Gasteiger partial charge on any atom is 0.240 e. The van der Waals surface area contributed by atoms with Gasteiger partial charge in [0.2, 0.25) is 10.0 Å². The Balaban J connectivity index is 1.92. The van der Waals surface area contributed by atoms with Crippen LogP contribution in [0.15, 0.2) is 47.5 Å². The first kappa shape index (κ1) is 17.5. The van der Waals surface area contributed by atoms with E-state index in [1.54, 1.807) is 12.1 Å². The minimum absolute atomic E-state index is 0.155. The van der Waals surface area contributed by atoms with Crippen LogP contribution >= 0.6 is 0 Å². The minimum Gasteiger partial charge on any atom is -0.494 e. The van der Waals surface area contributed by atoms with E-state index in [4.69, 9.17) is 4.74 Å². The Morgan fingerprint density at radius 3 is 2.52 bits per heavy atom. The molecule has 1 heterocycles. The minimum atomic E-state index is -3.59. The number of aliphatic hydroxyl groups is 1. The summed E-state index contributed by atoms with van der Waals surface area (Å²) < 4.78 is 34.0.